The number of benzene rings is 1. The van der Waals surface area contributed by atoms with Crippen molar-refractivity contribution in [1.82, 2.24) is 10.2 Å². The molecular formula is C14H16N2O2. The van der Waals surface area contributed by atoms with Crippen LogP contribution in [-0.2, 0) is 16.0 Å². The van der Waals surface area contributed by atoms with Gasteiger partial charge >= 0.3 is 0 Å². The number of hydrogen-bond acceptors (Lipinski definition) is 2. The zero-order valence-electron chi connectivity index (χ0n) is 10.1. The highest BCUT2D eigenvalue weighted by atomic mass is 16.2. The third-order valence-electron chi connectivity index (χ3n) is 3.74. The predicted molar refractivity (Wildman–Crippen MR) is 66.8 cm³/mol. The first-order valence-corrected chi connectivity index (χ1v) is 6.40. The number of rotatable bonds is 2. The molecule has 2 atom stereocenters. The first-order chi connectivity index (χ1) is 8.75. The SMILES string of the molecule is O=C1N[C@H](Cc2ccccc2)C(=O)N2CCC[C@H]12. The molecule has 1 N–H and O–H groups in total. The third-order valence-corrected chi connectivity index (χ3v) is 3.74. The van der Waals surface area contributed by atoms with E-state index in [0.29, 0.717) is 6.42 Å². The number of amides is 2. The van der Waals surface area contributed by atoms with Gasteiger partial charge in [-0.05, 0) is 18.4 Å². The van der Waals surface area contributed by atoms with Crippen LogP contribution in [0.3, 0.4) is 0 Å². The maximum absolute atomic E-state index is 12.3. The van der Waals surface area contributed by atoms with Crippen LogP contribution in [0.1, 0.15) is 18.4 Å². The molecule has 0 saturated carbocycles. The molecule has 2 fully saturated rings. The van der Waals surface area contributed by atoms with Crippen LogP contribution in [0.2, 0.25) is 0 Å². The van der Waals surface area contributed by atoms with Crippen molar-refractivity contribution in [3.05, 3.63) is 35.9 Å². The van der Waals surface area contributed by atoms with Gasteiger partial charge in [0, 0.05) is 13.0 Å². The molecule has 0 spiro atoms. The Hall–Kier alpha value is -1.84. The Morgan fingerprint density at radius 1 is 1.22 bits per heavy atom. The Bertz CT molecular complexity index is 472. The molecule has 2 heterocycles. The van der Waals surface area contributed by atoms with Gasteiger partial charge in [-0.3, -0.25) is 9.59 Å². The quantitative estimate of drug-likeness (QED) is 0.833. The molecule has 2 aliphatic rings. The van der Waals surface area contributed by atoms with Gasteiger partial charge in [0.25, 0.3) is 0 Å². The molecule has 0 bridgehead atoms. The summed E-state index contributed by atoms with van der Waals surface area (Å²) in [7, 11) is 0. The molecule has 0 unspecified atom stereocenters. The Kier molecular flexibility index (Phi) is 2.78. The average molecular weight is 244 g/mol. The summed E-state index contributed by atoms with van der Waals surface area (Å²) in [6.07, 6.45) is 2.31. The van der Waals surface area contributed by atoms with Crippen LogP contribution < -0.4 is 5.32 Å². The van der Waals surface area contributed by atoms with Gasteiger partial charge in [0.1, 0.15) is 12.1 Å². The lowest BCUT2D eigenvalue weighted by Gasteiger charge is -2.34. The monoisotopic (exact) mass is 244 g/mol. The zero-order valence-corrected chi connectivity index (χ0v) is 10.1. The summed E-state index contributed by atoms with van der Waals surface area (Å²) in [5, 5.41) is 2.86. The highest BCUT2D eigenvalue weighted by molar-refractivity contribution is 5.97. The largest absolute Gasteiger partial charge is 0.342 e. The number of carbonyl (C=O) groups excluding carboxylic acids is 2. The number of nitrogens with one attached hydrogen (secondary N) is 1. The van der Waals surface area contributed by atoms with E-state index < -0.39 is 6.04 Å². The van der Waals surface area contributed by atoms with Gasteiger partial charge in [0.05, 0.1) is 0 Å². The first kappa shape index (κ1) is 11.3. The molecule has 1 aromatic rings. The molecule has 2 amide bonds. The molecule has 2 saturated heterocycles. The molecule has 2 aliphatic heterocycles. The van der Waals surface area contributed by atoms with Crippen LogP contribution in [0.4, 0.5) is 0 Å². The van der Waals surface area contributed by atoms with Crippen LogP contribution in [0.25, 0.3) is 0 Å². The lowest BCUT2D eigenvalue weighted by Crippen LogP contribution is -2.61. The van der Waals surface area contributed by atoms with Crippen LogP contribution in [0.5, 0.6) is 0 Å². The first-order valence-electron chi connectivity index (χ1n) is 6.40. The highest BCUT2D eigenvalue weighted by Gasteiger charge is 2.42. The van der Waals surface area contributed by atoms with Crippen molar-refractivity contribution in [3.8, 4) is 0 Å². The molecule has 94 valence electrons. The van der Waals surface area contributed by atoms with Crippen LogP contribution >= 0.6 is 0 Å². The van der Waals surface area contributed by atoms with E-state index in [2.05, 4.69) is 5.32 Å². The zero-order chi connectivity index (χ0) is 12.5. The molecule has 3 rings (SSSR count). The van der Waals surface area contributed by atoms with Crippen LogP contribution in [-0.4, -0.2) is 35.3 Å². The van der Waals surface area contributed by atoms with E-state index in [1.807, 2.05) is 30.3 Å². The summed E-state index contributed by atoms with van der Waals surface area (Å²) < 4.78 is 0. The molecule has 0 aromatic heterocycles. The molecular weight excluding hydrogens is 228 g/mol. The summed E-state index contributed by atoms with van der Waals surface area (Å²) in [4.78, 5) is 25.9. The molecule has 4 heteroatoms. The van der Waals surface area contributed by atoms with Crippen molar-refractivity contribution in [1.29, 1.82) is 0 Å². The topological polar surface area (TPSA) is 49.4 Å². The fraction of sp³-hybridized carbons (Fsp3) is 0.429. The van der Waals surface area contributed by atoms with E-state index >= 15 is 0 Å². The Labute approximate surface area is 106 Å². The average Bonchev–Trinajstić information content (AvgIpc) is 2.87. The van der Waals surface area contributed by atoms with E-state index in [1.165, 1.54) is 0 Å². The van der Waals surface area contributed by atoms with Crippen LogP contribution in [0.15, 0.2) is 30.3 Å². The summed E-state index contributed by atoms with van der Waals surface area (Å²) in [5.41, 5.74) is 1.08. The lowest BCUT2D eigenvalue weighted by atomic mass is 10.0. The van der Waals surface area contributed by atoms with Gasteiger partial charge in [0.15, 0.2) is 0 Å². The van der Waals surface area contributed by atoms with Gasteiger partial charge in [0.2, 0.25) is 11.8 Å². The second-order valence-electron chi connectivity index (χ2n) is 4.94. The highest BCUT2D eigenvalue weighted by Crippen LogP contribution is 2.23. The molecule has 1 aromatic carbocycles. The number of hydrogen-bond donors (Lipinski definition) is 1. The van der Waals surface area contributed by atoms with Gasteiger partial charge in [-0.25, -0.2) is 0 Å². The van der Waals surface area contributed by atoms with E-state index in [0.717, 1.165) is 24.9 Å². The second-order valence-corrected chi connectivity index (χ2v) is 4.94. The standard InChI is InChI=1S/C14H16N2O2/c17-13-12-7-4-8-16(12)14(18)11(15-13)9-10-5-2-1-3-6-10/h1-3,5-6,11-12H,4,7-9H2,(H,15,17)/t11-,12-/m1/s1. The molecule has 4 nitrogen and oxygen atoms in total. The predicted octanol–water partition coefficient (Wildman–Crippen LogP) is 0.718. The molecule has 0 radical (unpaired) electrons. The Morgan fingerprint density at radius 2 is 2.00 bits per heavy atom. The van der Waals surface area contributed by atoms with E-state index in [-0.39, 0.29) is 17.9 Å². The molecule has 0 aliphatic carbocycles. The number of fused-ring (bicyclic) bond motifs is 1. The Balaban J connectivity index is 1.77. The summed E-state index contributed by atoms with van der Waals surface area (Å²) >= 11 is 0. The van der Waals surface area contributed by atoms with Crippen molar-refractivity contribution in [2.24, 2.45) is 0 Å². The van der Waals surface area contributed by atoms with E-state index in [4.69, 9.17) is 0 Å². The van der Waals surface area contributed by atoms with Crippen molar-refractivity contribution < 1.29 is 9.59 Å². The number of carbonyl (C=O) groups is 2. The molecule has 18 heavy (non-hydrogen) atoms. The minimum Gasteiger partial charge on any atom is -0.342 e. The fourth-order valence-electron chi connectivity index (χ4n) is 2.82. The van der Waals surface area contributed by atoms with E-state index in [1.54, 1.807) is 4.90 Å². The smallest absolute Gasteiger partial charge is 0.246 e. The normalized spacial score (nSPS) is 27.0. The second kappa shape index (κ2) is 4.44. The minimum absolute atomic E-state index is 0.00744. The van der Waals surface area contributed by atoms with Crippen molar-refractivity contribution in [3.63, 3.8) is 0 Å². The maximum atomic E-state index is 12.3. The van der Waals surface area contributed by atoms with Crippen molar-refractivity contribution in [2.45, 2.75) is 31.3 Å². The van der Waals surface area contributed by atoms with Crippen molar-refractivity contribution in [2.75, 3.05) is 6.54 Å². The minimum atomic E-state index is -0.394. The van der Waals surface area contributed by atoms with Gasteiger partial charge in [-0.2, -0.15) is 0 Å². The Morgan fingerprint density at radius 3 is 2.78 bits per heavy atom. The van der Waals surface area contributed by atoms with Gasteiger partial charge < -0.3 is 10.2 Å². The third kappa shape index (κ3) is 1.88. The van der Waals surface area contributed by atoms with Crippen LogP contribution in [0, 0.1) is 0 Å². The van der Waals surface area contributed by atoms with Gasteiger partial charge in [-0.15, -0.1) is 0 Å². The lowest BCUT2D eigenvalue weighted by molar-refractivity contribution is -0.146. The summed E-state index contributed by atoms with van der Waals surface area (Å²) in [6.45, 7) is 0.724. The van der Waals surface area contributed by atoms with E-state index in [9.17, 15) is 9.59 Å². The van der Waals surface area contributed by atoms with Gasteiger partial charge in [-0.1, -0.05) is 30.3 Å². The number of nitrogens with zero attached hydrogens (tertiary/aromatic N) is 1. The maximum Gasteiger partial charge on any atom is 0.246 e. The fourth-order valence-corrected chi connectivity index (χ4v) is 2.82. The van der Waals surface area contributed by atoms with Crippen molar-refractivity contribution >= 4 is 11.8 Å². The number of piperazine rings is 1. The summed E-state index contributed by atoms with van der Waals surface area (Å²) in [5.74, 6) is 0.0778. The summed E-state index contributed by atoms with van der Waals surface area (Å²) in [6, 6.07) is 9.19.